The van der Waals surface area contributed by atoms with E-state index in [0.29, 0.717) is 5.95 Å². The van der Waals surface area contributed by atoms with Crippen LogP contribution in [0.15, 0.2) is 92.0 Å². The highest BCUT2D eigenvalue weighted by atomic mass is 15.2. The van der Waals surface area contributed by atoms with Crippen molar-refractivity contribution in [3.05, 3.63) is 103 Å². The third-order valence-electron chi connectivity index (χ3n) is 5.77. The van der Waals surface area contributed by atoms with Crippen LogP contribution in [0.5, 0.6) is 0 Å². The molecule has 6 rings (SSSR count). The number of fused-ring (bicyclic) bond motifs is 2. The number of aromatic nitrogens is 7. The van der Waals surface area contributed by atoms with Crippen LogP contribution in [-0.4, -0.2) is 29.1 Å². The molecular formula is C25H20N7+. The van der Waals surface area contributed by atoms with Crippen LogP contribution in [0.1, 0.15) is 11.1 Å². The first-order valence-electron chi connectivity index (χ1n) is 10.5. The minimum atomic E-state index is 0.629. The molecule has 1 N–H and O–H groups in total. The largest absolute Gasteiger partial charge is 0.401 e. The van der Waals surface area contributed by atoms with E-state index in [4.69, 9.17) is 0 Å². The molecule has 7 heteroatoms. The molecule has 4 aromatic heterocycles. The topological polar surface area (TPSA) is 75.6 Å². The lowest BCUT2D eigenvalue weighted by Crippen LogP contribution is -2.13. The summed E-state index contributed by atoms with van der Waals surface area (Å²) in [4.78, 5) is 20.3. The maximum atomic E-state index is 4.49. The van der Waals surface area contributed by atoms with E-state index >= 15 is 0 Å². The molecule has 0 saturated heterocycles. The van der Waals surface area contributed by atoms with Gasteiger partial charge in [0, 0.05) is 23.0 Å². The molecule has 0 atom stereocenters. The molecule has 0 aliphatic heterocycles. The van der Waals surface area contributed by atoms with Crippen LogP contribution in [0.4, 0.5) is 0 Å². The van der Waals surface area contributed by atoms with Crippen molar-refractivity contribution >= 4 is 21.8 Å². The van der Waals surface area contributed by atoms with E-state index in [1.165, 1.54) is 34.6 Å². The molecule has 7 nitrogen and oxygen atoms in total. The third-order valence-corrected chi connectivity index (χ3v) is 5.77. The first-order valence-corrected chi connectivity index (χ1v) is 10.5. The molecule has 0 unspecified atom stereocenters. The lowest BCUT2D eigenvalue weighted by atomic mass is 10.0. The van der Waals surface area contributed by atoms with E-state index in [2.05, 4.69) is 84.3 Å². The summed E-state index contributed by atoms with van der Waals surface area (Å²) in [6.45, 7) is 0. The molecule has 0 aliphatic carbocycles. The Hall–Kier alpha value is -4.39. The van der Waals surface area contributed by atoms with Gasteiger partial charge in [0.15, 0.2) is 0 Å². The Bertz CT molecular complexity index is 1400. The molecule has 0 bridgehead atoms. The maximum absolute atomic E-state index is 4.49. The van der Waals surface area contributed by atoms with Gasteiger partial charge in [0.25, 0.3) is 0 Å². The summed E-state index contributed by atoms with van der Waals surface area (Å²) >= 11 is 0. The van der Waals surface area contributed by atoms with E-state index in [9.17, 15) is 0 Å². The van der Waals surface area contributed by atoms with Crippen molar-refractivity contribution in [1.29, 1.82) is 0 Å². The zero-order valence-electron chi connectivity index (χ0n) is 17.3. The zero-order chi connectivity index (χ0) is 21.3. The van der Waals surface area contributed by atoms with E-state index < -0.39 is 0 Å². The van der Waals surface area contributed by atoms with Crippen LogP contribution in [0.3, 0.4) is 0 Å². The highest BCUT2D eigenvalue weighted by molar-refractivity contribution is 5.86. The van der Waals surface area contributed by atoms with Gasteiger partial charge in [-0.25, -0.2) is 24.5 Å². The number of aryl methyl sites for hydroxylation is 2. The third kappa shape index (κ3) is 3.11. The molecule has 6 aromatic rings. The quantitative estimate of drug-likeness (QED) is 0.427. The zero-order valence-corrected chi connectivity index (χ0v) is 17.3. The van der Waals surface area contributed by atoms with Gasteiger partial charge in [-0.05, 0) is 36.1 Å². The van der Waals surface area contributed by atoms with Gasteiger partial charge in [0.1, 0.15) is 24.4 Å². The highest BCUT2D eigenvalue weighted by Crippen LogP contribution is 2.27. The number of hydrogen-bond acceptors (Lipinski definition) is 4. The Kier molecular flexibility index (Phi) is 4.42. The standard InChI is InChI=1S/C25H19N7/c1-3-8-22-20(6-1)18(14-31(22)24-27-12-5-13-28-24)10-11-19-15-32(25-29-16-26-17-30-25)23-9-4-2-7-21(19)23/h1-9,12-17H,10-11H2/p+1. The van der Waals surface area contributed by atoms with Crippen LogP contribution < -0.4 is 4.98 Å². The fourth-order valence-corrected chi connectivity index (χ4v) is 4.31. The van der Waals surface area contributed by atoms with E-state index in [1.54, 1.807) is 6.20 Å². The second-order valence-electron chi connectivity index (χ2n) is 7.63. The Morgan fingerprint density at radius 2 is 1.31 bits per heavy atom. The fraction of sp³-hybridized carbons (Fsp3) is 0.0800. The van der Waals surface area contributed by atoms with Crippen LogP contribution >= 0.6 is 0 Å². The van der Waals surface area contributed by atoms with E-state index in [-0.39, 0.29) is 0 Å². The first-order chi connectivity index (χ1) is 15.9. The molecule has 0 spiro atoms. The number of H-pyrrole nitrogens is 1. The summed E-state index contributed by atoms with van der Waals surface area (Å²) in [5.41, 5.74) is 4.79. The molecule has 4 heterocycles. The Balaban J connectivity index is 1.39. The van der Waals surface area contributed by atoms with E-state index in [0.717, 1.165) is 29.8 Å². The molecule has 2 aromatic carbocycles. The summed E-state index contributed by atoms with van der Waals surface area (Å²) < 4.78 is 4.16. The number of hydrogen-bond donors (Lipinski definition) is 0. The fourth-order valence-electron chi connectivity index (χ4n) is 4.31. The van der Waals surface area contributed by atoms with Crippen molar-refractivity contribution < 1.29 is 4.98 Å². The van der Waals surface area contributed by atoms with Crippen LogP contribution in [-0.2, 0) is 12.8 Å². The van der Waals surface area contributed by atoms with Crippen molar-refractivity contribution in [2.75, 3.05) is 0 Å². The summed E-state index contributed by atoms with van der Waals surface area (Å²) in [6.07, 6.45) is 12.9. The lowest BCUT2D eigenvalue weighted by Gasteiger charge is -2.00. The maximum Gasteiger partial charge on any atom is 0.401 e. The highest BCUT2D eigenvalue weighted by Gasteiger charge is 2.17. The van der Waals surface area contributed by atoms with Gasteiger partial charge in [-0.3, -0.25) is 4.57 Å². The summed E-state index contributed by atoms with van der Waals surface area (Å²) in [6, 6.07) is 18.7. The molecule has 32 heavy (non-hydrogen) atoms. The molecule has 0 saturated carbocycles. The Morgan fingerprint density at radius 1 is 0.688 bits per heavy atom. The predicted octanol–water partition coefficient (Wildman–Crippen LogP) is 3.75. The average Bonchev–Trinajstić information content (AvgIpc) is 3.43. The molecular weight excluding hydrogens is 398 g/mol. The second kappa shape index (κ2) is 7.70. The monoisotopic (exact) mass is 418 g/mol. The van der Waals surface area contributed by atoms with Crippen LogP contribution in [0.25, 0.3) is 33.7 Å². The van der Waals surface area contributed by atoms with Gasteiger partial charge < -0.3 is 0 Å². The van der Waals surface area contributed by atoms with E-state index in [1.807, 2.05) is 22.9 Å². The van der Waals surface area contributed by atoms with Gasteiger partial charge in [0.2, 0.25) is 5.95 Å². The second-order valence-corrected chi connectivity index (χ2v) is 7.63. The van der Waals surface area contributed by atoms with Crippen LogP contribution in [0.2, 0.25) is 0 Å². The van der Waals surface area contributed by atoms with Gasteiger partial charge in [-0.2, -0.15) is 0 Å². The number of rotatable bonds is 5. The van der Waals surface area contributed by atoms with Gasteiger partial charge >= 0.3 is 5.95 Å². The molecule has 0 amide bonds. The van der Waals surface area contributed by atoms with Crippen LogP contribution in [0, 0.1) is 0 Å². The number of nitrogens with zero attached hydrogens (tertiary/aromatic N) is 6. The molecule has 0 fully saturated rings. The number of nitrogens with one attached hydrogen (secondary N) is 1. The van der Waals surface area contributed by atoms with Crippen molar-refractivity contribution in [2.24, 2.45) is 0 Å². The van der Waals surface area contributed by atoms with Gasteiger partial charge in [0.05, 0.1) is 17.9 Å². The summed E-state index contributed by atoms with van der Waals surface area (Å²) in [5.74, 6) is 1.44. The van der Waals surface area contributed by atoms with Crippen molar-refractivity contribution in [3.63, 3.8) is 0 Å². The number of para-hydroxylation sites is 2. The smallest absolute Gasteiger partial charge is 0.285 e. The first kappa shape index (κ1) is 18.4. The Morgan fingerprint density at radius 3 is 1.97 bits per heavy atom. The number of benzene rings is 2. The minimum absolute atomic E-state index is 0.629. The normalized spacial score (nSPS) is 11.4. The average molecular weight is 418 g/mol. The summed E-state index contributed by atoms with van der Waals surface area (Å²) in [5, 5.41) is 2.46. The van der Waals surface area contributed by atoms with Gasteiger partial charge in [-0.15, -0.1) is 0 Å². The Labute approximate surface area is 184 Å². The number of aromatic amines is 1. The molecule has 0 radical (unpaired) electrons. The molecule has 154 valence electrons. The lowest BCUT2D eigenvalue weighted by molar-refractivity contribution is -0.377. The van der Waals surface area contributed by atoms with Crippen molar-refractivity contribution in [1.82, 2.24) is 29.1 Å². The predicted molar refractivity (Wildman–Crippen MR) is 122 cm³/mol. The molecule has 0 aliphatic rings. The summed E-state index contributed by atoms with van der Waals surface area (Å²) in [7, 11) is 0. The SMILES string of the molecule is c1cnc(-n2cc(CCc3cn(-c4ncncn4)c4ccccc34)c3ccccc32)[nH+]c1. The van der Waals surface area contributed by atoms with Crippen molar-refractivity contribution in [3.8, 4) is 11.9 Å². The minimum Gasteiger partial charge on any atom is -0.285 e. The van der Waals surface area contributed by atoms with Gasteiger partial charge in [-0.1, -0.05) is 41.4 Å². The van der Waals surface area contributed by atoms with Crippen molar-refractivity contribution in [2.45, 2.75) is 12.8 Å².